The zero-order chi connectivity index (χ0) is 27.3. The molecule has 0 amide bonds. The van der Waals surface area contributed by atoms with Gasteiger partial charge in [-0.25, -0.2) is 0 Å². The van der Waals surface area contributed by atoms with Crippen LogP contribution in [0.1, 0.15) is 86.5 Å². The summed E-state index contributed by atoms with van der Waals surface area (Å²) >= 11 is 12.7. The van der Waals surface area contributed by atoms with Crippen LogP contribution >= 0.6 is 23.2 Å². The first-order valence-corrected chi connectivity index (χ1v) is 19.3. The van der Waals surface area contributed by atoms with Gasteiger partial charge in [0.25, 0.3) is 10.1 Å². The van der Waals surface area contributed by atoms with Crippen molar-refractivity contribution in [1.82, 2.24) is 0 Å². The van der Waals surface area contributed by atoms with Crippen molar-refractivity contribution in [3.63, 3.8) is 0 Å². The predicted molar refractivity (Wildman–Crippen MR) is 154 cm³/mol. The maximum absolute atomic E-state index is 12.1. The number of hydrogen-bond acceptors (Lipinski definition) is 4. The SMILES string of the molecule is C[C@H]1CC[C@](C)(C2CC[C@]3(C)C(=C(Cl)Cl)CCC3[C@@H]2COS(C)(=O)=O)[C@@H](CO[Si](C)(C)C(C)(C)C)C1. The van der Waals surface area contributed by atoms with Crippen LogP contribution in [0.25, 0.3) is 0 Å². The maximum Gasteiger partial charge on any atom is 0.264 e. The van der Waals surface area contributed by atoms with E-state index in [1.54, 1.807) is 0 Å². The molecule has 0 aromatic rings. The third-order valence-electron chi connectivity index (χ3n) is 11.0. The molecular formula is C28H50Cl2O4SSi. The highest BCUT2D eigenvalue weighted by atomic mass is 35.5. The minimum absolute atomic E-state index is 0.0823. The van der Waals surface area contributed by atoms with Gasteiger partial charge in [0, 0.05) is 6.61 Å². The molecule has 3 rings (SSSR count). The lowest BCUT2D eigenvalue weighted by Crippen LogP contribution is -2.53. The molecule has 0 aliphatic heterocycles. The Morgan fingerprint density at radius 2 is 1.69 bits per heavy atom. The summed E-state index contributed by atoms with van der Waals surface area (Å²) in [6.45, 7) is 19.8. The highest BCUT2D eigenvalue weighted by molar-refractivity contribution is 7.85. The third kappa shape index (κ3) is 6.25. The van der Waals surface area contributed by atoms with Crippen molar-refractivity contribution in [2.24, 2.45) is 40.4 Å². The van der Waals surface area contributed by atoms with Crippen molar-refractivity contribution in [3.8, 4) is 0 Å². The molecule has 0 bridgehead atoms. The summed E-state index contributed by atoms with van der Waals surface area (Å²) in [5, 5.41) is 0.176. The first-order chi connectivity index (χ1) is 16.3. The van der Waals surface area contributed by atoms with E-state index in [4.69, 9.17) is 31.8 Å². The summed E-state index contributed by atoms with van der Waals surface area (Å²) in [6, 6.07) is 0. The number of halogens is 2. The maximum atomic E-state index is 12.1. The minimum atomic E-state index is -3.53. The van der Waals surface area contributed by atoms with E-state index in [0.717, 1.165) is 44.3 Å². The van der Waals surface area contributed by atoms with Gasteiger partial charge in [0.1, 0.15) is 4.49 Å². The van der Waals surface area contributed by atoms with Crippen molar-refractivity contribution >= 4 is 41.6 Å². The molecule has 0 heterocycles. The average Bonchev–Trinajstić information content (AvgIpc) is 3.08. The Hall–Kier alpha value is 0.407. The zero-order valence-corrected chi connectivity index (χ0v) is 27.4. The smallest absolute Gasteiger partial charge is 0.264 e. The summed E-state index contributed by atoms with van der Waals surface area (Å²) < 4.78 is 37.0. The van der Waals surface area contributed by atoms with E-state index >= 15 is 0 Å². The average molecular weight is 582 g/mol. The van der Waals surface area contributed by atoms with E-state index in [0.29, 0.717) is 28.2 Å². The lowest BCUT2D eigenvalue weighted by molar-refractivity contribution is -0.0881. The third-order valence-corrected chi connectivity index (χ3v) is 16.5. The summed E-state index contributed by atoms with van der Waals surface area (Å²) in [5.41, 5.74) is 1.14. The van der Waals surface area contributed by atoms with E-state index in [1.165, 1.54) is 19.1 Å². The number of allylic oxidation sites excluding steroid dienone is 1. The largest absolute Gasteiger partial charge is 0.417 e. The van der Waals surface area contributed by atoms with Gasteiger partial charge in [-0.1, -0.05) is 71.2 Å². The standard InChI is InChI=1S/C28H50Cl2O4SSi/c1-19-12-14-27(5,20(16-19)17-34-36(8,9)26(2,3)4)23-13-15-28(6)22(10-11-24(28)25(29)30)21(23)18-33-35(7,31)32/h19-23H,10-18H2,1-9H3/t19-,20+,21-,22?,23?,27-,28-/m0/s1. The molecule has 36 heavy (non-hydrogen) atoms. The first kappa shape index (κ1) is 30.9. The Morgan fingerprint density at radius 3 is 2.25 bits per heavy atom. The molecule has 3 fully saturated rings. The molecular weight excluding hydrogens is 531 g/mol. The van der Waals surface area contributed by atoms with Crippen LogP contribution in [0.15, 0.2) is 10.1 Å². The number of fused-ring (bicyclic) bond motifs is 1. The molecule has 0 aromatic heterocycles. The molecule has 3 aliphatic carbocycles. The molecule has 3 saturated carbocycles. The van der Waals surface area contributed by atoms with E-state index in [2.05, 4.69) is 54.6 Å². The fourth-order valence-corrected chi connectivity index (χ4v) is 9.65. The van der Waals surface area contributed by atoms with Gasteiger partial charge in [-0.3, -0.25) is 4.18 Å². The molecule has 210 valence electrons. The summed E-state index contributed by atoms with van der Waals surface area (Å²) in [6.07, 6.45) is 8.65. The summed E-state index contributed by atoms with van der Waals surface area (Å²) in [4.78, 5) is 0. The van der Waals surface area contributed by atoms with Crippen molar-refractivity contribution < 1.29 is 17.0 Å². The predicted octanol–water partition coefficient (Wildman–Crippen LogP) is 8.56. The molecule has 7 atom stereocenters. The van der Waals surface area contributed by atoms with Gasteiger partial charge in [0.15, 0.2) is 8.32 Å². The van der Waals surface area contributed by atoms with Gasteiger partial charge in [-0.15, -0.1) is 0 Å². The van der Waals surface area contributed by atoms with Crippen molar-refractivity contribution in [1.29, 1.82) is 0 Å². The lowest BCUT2D eigenvalue weighted by atomic mass is 9.49. The summed E-state index contributed by atoms with van der Waals surface area (Å²) in [5.74, 6) is 1.99. The van der Waals surface area contributed by atoms with Crippen LogP contribution in [0.4, 0.5) is 0 Å². The van der Waals surface area contributed by atoms with Crippen molar-refractivity contribution in [2.75, 3.05) is 19.5 Å². The van der Waals surface area contributed by atoms with E-state index in [1.807, 2.05) is 0 Å². The molecule has 0 spiro atoms. The number of rotatable bonds is 7. The van der Waals surface area contributed by atoms with Crippen LogP contribution in [-0.4, -0.2) is 36.2 Å². The van der Waals surface area contributed by atoms with Crippen LogP contribution in [0.2, 0.25) is 18.1 Å². The molecule has 0 N–H and O–H groups in total. The van der Waals surface area contributed by atoms with Gasteiger partial charge in [0.05, 0.1) is 12.9 Å². The second-order valence-electron chi connectivity index (χ2n) is 14.3. The highest BCUT2D eigenvalue weighted by Gasteiger charge is 2.58. The molecule has 3 aliphatic rings. The van der Waals surface area contributed by atoms with Gasteiger partial charge in [-0.2, -0.15) is 8.42 Å². The van der Waals surface area contributed by atoms with Crippen LogP contribution in [0, 0.1) is 40.4 Å². The summed E-state index contributed by atoms with van der Waals surface area (Å²) in [7, 11) is -5.40. The van der Waals surface area contributed by atoms with Gasteiger partial charge < -0.3 is 4.43 Å². The monoisotopic (exact) mass is 580 g/mol. The lowest BCUT2D eigenvalue weighted by Gasteiger charge is -2.57. The Bertz CT molecular complexity index is 940. The molecule has 8 heteroatoms. The Morgan fingerprint density at radius 1 is 1.06 bits per heavy atom. The van der Waals surface area contributed by atoms with Gasteiger partial charge >= 0.3 is 0 Å². The second kappa shape index (κ2) is 10.8. The fourth-order valence-electron chi connectivity index (χ4n) is 7.57. The normalized spacial score (nSPS) is 38.2. The van der Waals surface area contributed by atoms with Gasteiger partial charge in [0.2, 0.25) is 0 Å². The van der Waals surface area contributed by atoms with Crippen LogP contribution in [0.5, 0.6) is 0 Å². The molecule has 2 unspecified atom stereocenters. The molecule has 4 nitrogen and oxygen atoms in total. The molecule has 0 radical (unpaired) electrons. The van der Waals surface area contributed by atoms with Crippen molar-refractivity contribution in [3.05, 3.63) is 10.1 Å². The topological polar surface area (TPSA) is 52.6 Å². The van der Waals surface area contributed by atoms with E-state index in [9.17, 15) is 8.42 Å². The fraction of sp³-hybridized carbons (Fsp3) is 0.929. The van der Waals surface area contributed by atoms with E-state index < -0.39 is 18.4 Å². The quantitative estimate of drug-likeness (QED) is 0.223. The Labute approximate surface area is 232 Å². The molecule has 0 aromatic carbocycles. The minimum Gasteiger partial charge on any atom is -0.417 e. The second-order valence-corrected chi connectivity index (χ2v) is 21.7. The van der Waals surface area contributed by atoms with Crippen LogP contribution in [-0.2, 0) is 18.7 Å². The molecule has 0 saturated heterocycles. The van der Waals surface area contributed by atoms with Crippen LogP contribution in [0.3, 0.4) is 0 Å². The number of hydrogen-bond donors (Lipinski definition) is 0. The van der Waals surface area contributed by atoms with Crippen molar-refractivity contribution in [2.45, 2.75) is 105 Å². The van der Waals surface area contributed by atoms with Gasteiger partial charge in [-0.05, 0) is 103 Å². The van der Waals surface area contributed by atoms with E-state index in [-0.39, 0.29) is 28.4 Å². The Kier molecular flexibility index (Phi) is 9.25. The zero-order valence-electron chi connectivity index (χ0n) is 24.0. The highest BCUT2D eigenvalue weighted by Crippen LogP contribution is 2.65. The van der Waals surface area contributed by atoms with Crippen LogP contribution < -0.4 is 0 Å². The Balaban J connectivity index is 1.96. The first-order valence-electron chi connectivity index (χ1n) is 13.8.